The largest absolute Gasteiger partial charge is 0.481 e. The van der Waals surface area contributed by atoms with Gasteiger partial charge in [0.2, 0.25) is 0 Å². The van der Waals surface area contributed by atoms with Crippen LogP contribution in [0, 0.1) is 10.8 Å². The number of carbonyl (C=O) groups is 1. The number of hydrogen-bond acceptors (Lipinski definition) is 2. The Morgan fingerprint density at radius 2 is 1.62 bits per heavy atom. The van der Waals surface area contributed by atoms with Gasteiger partial charge in [-0.2, -0.15) is 0 Å². The molecule has 0 aromatic carbocycles. The van der Waals surface area contributed by atoms with Crippen LogP contribution in [0.15, 0.2) is 0 Å². The van der Waals surface area contributed by atoms with E-state index in [0.717, 1.165) is 6.54 Å². The average molecular weight is 187 g/mol. The van der Waals surface area contributed by atoms with Crippen molar-refractivity contribution in [1.82, 2.24) is 5.32 Å². The average Bonchev–Trinajstić information content (AvgIpc) is 1.82. The number of nitrogens with one attached hydrogen (secondary N) is 1. The van der Waals surface area contributed by atoms with E-state index in [1.54, 1.807) is 13.8 Å². The molecule has 0 unspecified atom stereocenters. The van der Waals surface area contributed by atoms with Gasteiger partial charge in [-0.15, -0.1) is 0 Å². The van der Waals surface area contributed by atoms with Crippen LogP contribution < -0.4 is 5.32 Å². The fourth-order valence-corrected chi connectivity index (χ4v) is 0.826. The first kappa shape index (κ1) is 12.4. The predicted octanol–water partition coefficient (Wildman–Crippen LogP) is 1.73. The van der Waals surface area contributed by atoms with Gasteiger partial charge in [-0.1, -0.05) is 20.8 Å². The van der Waals surface area contributed by atoms with Gasteiger partial charge in [0.1, 0.15) is 0 Å². The summed E-state index contributed by atoms with van der Waals surface area (Å²) in [6, 6.07) is 0. The van der Waals surface area contributed by atoms with E-state index in [4.69, 9.17) is 5.11 Å². The Morgan fingerprint density at radius 1 is 1.15 bits per heavy atom. The number of carboxylic acids is 1. The lowest BCUT2D eigenvalue weighted by molar-refractivity contribution is -0.146. The predicted molar refractivity (Wildman–Crippen MR) is 53.7 cm³/mol. The zero-order chi connectivity index (χ0) is 10.7. The van der Waals surface area contributed by atoms with Crippen molar-refractivity contribution in [2.45, 2.75) is 34.6 Å². The fraction of sp³-hybridized carbons (Fsp3) is 0.900. The highest BCUT2D eigenvalue weighted by atomic mass is 16.4. The van der Waals surface area contributed by atoms with Crippen LogP contribution in [0.3, 0.4) is 0 Å². The lowest BCUT2D eigenvalue weighted by Crippen LogP contribution is -2.39. The number of aliphatic carboxylic acids is 1. The maximum atomic E-state index is 10.7. The molecule has 3 nitrogen and oxygen atoms in total. The molecule has 78 valence electrons. The molecule has 0 rings (SSSR count). The molecule has 0 aromatic heterocycles. The van der Waals surface area contributed by atoms with Crippen LogP contribution in [0.2, 0.25) is 0 Å². The van der Waals surface area contributed by atoms with Gasteiger partial charge >= 0.3 is 5.97 Å². The summed E-state index contributed by atoms with van der Waals surface area (Å²) in [5, 5.41) is 12.0. The molecule has 3 heteroatoms. The van der Waals surface area contributed by atoms with Crippen LogP contribution in [0.25, 0.3) is 0 Å². The molecule has 2 N–H and O–H groups in total. The second-order valence-corrected chi connectivity index (χ2v) is 5.35. The molecule has 0 amide bonds. The Balaban J connectivity index is 3.84. The first-order valence-corrected chi connectivity index (χ1v) is 4.59. The molecule has 0 fully saturated rings. The molecule has 0 aliphatic carbocycles. The van der Waals surface area contributed by atoms with E-state index in [1.807, 2.05) is 0 Å². The van der Waals surface area contributed by atoms with E-state index < -0.39 is 11.4 Å². The summed E-state index contributed by atoms with van der Waals surface area (Å²) in [6.45, 7) is 11.2. The van der Waals surface area contributed by atoms with Crippen LogP contribution in [0.5, 0.6) is 0 Å². The van der Waals surface area contributed by atoms with Crippen molar-refractivity contribution in [3.63, 3.8) is 0 Å². The maximum absolute atomic E-state index is 10.7. The first-order valence-electron chi connectivity index (χ1n) is 4.59. The third-order valence-electron chi connectivity index (χ3n) is 1.80. The van der Waals surface area contributed by atoms with Gasteiger partial charge in [0.25, 0.3) is 0 Å². The Kier molecular flexibility index (Phi) is 3.91. The third-order valence-corrected chi connectivity index (χ3v) is 1.80. The van der Waals surface area contributed by atoms with Crippen LogP contribution in [0.1, 0.15) is 34.6 Å². The summed E-state index contributed by atoms with van der Waals surface area (Å²) in [7, 11) is 0. The molecular formula is C10H21NO2. The van der Waals surface area contributed by atoms with Crippen molar-refractivity contribution in [2.75, 3.05) is 13.1 Å². The molecule has 0 spiro atoms. The second kappa shape index (κ2) is 4.09. The molecule has 0 aliphatic heterocycles. The summed E-state index contributed by atoms with van der Waals surface area (Å²) in [6.07, 6.45) is 0. The highest BCUT2D eigenvalue weighted by molar-refractivity contribution is 5.73. The Hall–Kier alpha value is -0.570. The monoisotopic (exact) mass is 187 g/mol. The van der Waals surface area contributed by atoms with Crippen molar-refractivity contribution >= 4 is 5.97 Å². The molecule has 0 heterocycles. The molecule has 0 atom stereocenters. The van der Waals surface area contributed by atoms with Crippen molar-refractivity contribution in [3.8, 4) is 0 Å². The minimum Gasteiger partial charge on any atom is -0.481 e. The molecule has 0 aliphatic rings. The maximum Gasteiger partial charge on any atom is 0.310 e. The lowest BCUT2D eigenvalue weighted by Gasteiger charge is -2.24. The summed E-state index contributed by atoms with van der Waals surface area (Å²) >= 11 is 0. The molecule has 0 saturated heterocycles. The van der Waals surface area contributed by atoms with E-state index in [2.05, 4.69) is 26.1 Å². The molecule has 0 radical (unpaired) electrons. The summed E-state index contributed by atoms with van der Waals surface area (Å²) in [4.78, 5) is 10.7. The van der Waals surface area contributed by atoms with Gasteiger partial charge in [0, 0.05) is 13.1 Å². The zero-order valence-corrected chi connectivity index (χ0v) is 9.27. The van der Waals surface area contributed by atoms with Gasteiger partial charge in [0.15, 0.2) is 0 Å². The standard InChI is InChI=1S/C10H21NO2/c1-9(2,3)6-11-7-10(4,5)8(12)13/h11H,6-7H2,1-5H3,(H,12,13). The minimum absolute atomic E-state index is 0.203. The van der Waals surface area contributed by atoms with E-state index in [1.165, 1.54) is 0 Å². The van der Waals surface area contributed by atoms with Gasteiger partial charge < -0.3 is 10.4 Å². The van der Waals surface area contributed by atoms with Crippen LogP contribution >= 0.6 is 0 Å². The summed E-state index contributed by atoms with van der Waals surface area (Å²) < 4.78 is 0. The molecule has 0 aromatic rings. The molecule has 13 heavy (non-hydrogen) atoms. The van der Waals surface area contributed by atoms with Crippen LogP contribution in [0.4, 0.5) is 0 Å². The van der Waals surface area contributed by atoms with Gasteiger partial charge in [-0.3, -0.25) is 4.79 Å². The van der Waals surface area contributed by atoms with Crippen molar-refractivity contribution in [3.05, 3.63) is 0 Å². The summed E-state index contributed by atoms with van der Waals surface area (Å²) in [5.41, 5.74) is -0.472. The smallest absolute Gasteiger partial charge is 0.310 e. The van der Waals surface area contributed by atoms with E-state index in [9.17, 15) is 4.79 Å². The topological polar surface area (TPSA) is 49.3 Å². The molecule has 0 saturated carbocycles. The van der Waals surface area contributed by atoms with Crippen molar-refractivity contribution < 1.29 is 9.90 Å². The Morgan fingerprint density at radius 3 is 1.92 bits per heavy atom. The van der Waals surface area contributed by atoms with Gasteiger partial charge in [-0.25, -0.2) is 0 Å². The van der Waals surface area contributed by atoms with E-state index in [-0.39, 0.29) is 5.41 Å². The number of rotatable bonds is 4. The fourth-order valence-electron chi connectivity index (χ4n) is 0.826. The molecular weight excluding hydrogens is 166 g/mol. The zero-order valence-electron chi connectivity index (χ0n) is 9.27. The normalized spacial score (nSPS) is 13.0. The minimum atomic E-state index is -0.756. The Labute approximate surface area is 80.5 Å². The lowest BCUT2D eigenvalue weighted by atomic mass is 9.92. The SMILES string of the molecule is CC(C)(C)CNCC(C)(C)C(=O)O. The first-order chi connectivity index (χ1) is 5.65. The Bertz CT molecular complexity index is 180. The summed E-state index contributed by atoms with van der Waals surface area (Å²) in [5.74, 6) is -0.756. The van der Waals surface area contributed by atoms with E-state index in [0.29, 0.717) is 6.54 Å². The number of carboxylic acid groups (broad SMARTS) is 1. The quantitative estimate of drug-likeness (QED) is 0.704. The number of hydrogen-bond donors (Lipinski definition) is 2. The second-order valence-electron chi connectivity index (χ2n) is 5.35. The highest BCUT2D eigenvalue weighted by Gasteiger charge is 2.26. The van der Waals surface area contributed by atoms with E-state index >= 15 is 0 Å². The van der Waals surface area contributed by atoms with Gasteiger partial charge in [0.05, 0.1) is 5.41 Å². The van der Waals surface area contributed by atoms with Crippen LogP contribution in [-0.2, 0) is 4.79 Å². The van der Waals surface area contributed by atoms with Crippen molar-refractivity contribution in [1.29, 1.82) is 0 Å². The van der Waals surface area contributed by atoms with Crippen LogP contribution in [-0.4, -0.2) is 24.2 Å². The van der Waals surface area contributed by atoms with Crippen molar-refractivity contribution in [2.24, 2.45) is 10.8 Å². The molecule has 0 bridgehead atoms. The van der Waals surface area contributed by atoms with Gasteiger partial charge in [-0.05, 0) is 19.3 Å². The third kappa shape index (κ3) is 5.64. The highest BCUT2D eigenvalue weighted by Crippen LogP contribution is 2.15.